The number of rotatable bonds is 60. The summed E-state index contributed by atoms with van der Waals surface area (Å²) in [7, 11) is 0. The Morgan fingerprint density at radius 2 is 0.462 bits per heavy atom. The molecular formula is C91H127N15O13. The average molecular weight is 1640 g/mol. The molecular weight excluding hydrogens is 1510 g/mol. The first kappa shape index (κ1) is 95.0. The highest BCUT2D eigenvalue weighted by atomic mass is 16.5. The van der Waals surface area contributed by atoms with E-state index < -0.39 is 35.4 Å². The minimum Gasteiger partial charge on any atom is -0.740 e. The number of carbonyl (C=O) groups is 8. The molecule has 0 aliphatic rings. The van der Waals surface area contributed by atoms with Crippen LogP contribution in [0.4, 0.5) is 46.5 Å². The van der Waals surface area contributed by atoms with Crippen molar-refractivity contribution < 1.29 is 62.0 Å². The third-order valence-corrected chi connectivity index (χ3v) is 20.0. The van der Waals surface area contributed by atoms with Crippen molar-refractivity contribution in [2.45, 2.75) is 291 Å². The van der Waals surface area contributed by atoms with Crippen molar-refractivity contribution in [1.82, 2.24) is 24.9 Å². The Morgan fingerprint density at radius 3 is 0.706 bits per heavy atom. The number of aromatic nitrogens is 7. The molecule has 0 aliphatic heterocycles. The third kappa shape index (κ3) is 36.3. The van der Waals surface area contributed by atoms with Crippen molar-refractivity contribution in [3.8, 4) is 17.2 Å². The van der Waals surface area contributed by atoms with Crippen LogP contribution in [0.2, 0.25) is 0 Å². The predicted molar refractivity (Wildman–Crippen MR) is 467 cm³/mol. The highest BCUT2D eigenvalue weighted by Gasteiger charge is 2.25. The monoisotopic (exact) mass is 1640 g/mol. The summed E-state index contributed by atoms with van der Waals surface area (Å²) in [6.45, 7) is 11.7. The van der Waals surface area contributed by atoms with Gasteiger partial charge in [0.05, 0.1) is 19.8 Å². The SMILES string of the molecule is CCCCCCCCCCOc1cc(C(=O)Nc2cccc(NC(=O)c3cc(OCCCCCCCCCC)cc(C(=O)Nc4cccc(NC(=O)CCCCCCCCC)[n+]4[O-])n3)n2)nc(C(=O)Nc2cccc(NC(=O)c3cc(OCCCCCCCCCC)cc(C(=O)Nc4cccc(NC(=O)CCCCCCCCC)[n+]4[O-])n3)n2)c1. The van der Waals surface area contributed by atoms with Crippen LogP contribution in [0.25, 0.3) is 0 Å². The molecule has 7 heterocycles. The summed E-state index contributed by atoms with van der Waals surface area (Å²) in [5.74, 6) is -5.75. The molecule has 0 saturated carbocycles. The van der Waals surface area contributed by atoms with Crippen LogP contribution in [0.15, 0.2) is 109 Å². The van der Waals surface area contributed by atoms with Gasteiger partial charge in [0.15, 0.2) is 0 Å². The lowest BCUT2D eigenvalue weighted by Crippen LogP contribution is -2.37. The van der Waals surface area contributed by atoms with Crippen molar-refractivity contribution in [3.63, 3.8) is 0 Å². The van der Waals surface area contributed by atoms with Gasteiger partial charge in [0.25, 0.3) is 35.4 Å². The molecule has 0 bridgehead atoms. The first-order valence-corrected chi connectivity index (χ1v) is 43.8. The van der Waals surface area contributed by atoms with Gasteiger partial charge in [0, 0.05) is 73.5 Å². The number of hydrogen-bond acceptors (Lipinski definition) is 18. The zero-order chi connectivity index (χ0) is 85.0. The normalized spacial score (nSPS) is 11.0. The zero-order valence-electron chi connectivity index (χ0n) is 70.7. The summed E-state index contributed by atoms with van der Waals surface area (Å²) in [5.41, 5.74) is -1.48. The van der Waals surface area contributed by atoms with Crippen LogP contribution >= 0.6 is 0 Å². The number of nitrogens with zero attached hydrogens (tertiary/aromatic N) is 7. The van der Waals surface area contributed by atoms with Crippen LogP contribution in [0, 0.1) is 10.4 Å². The van der Waals surface area contributed by atoms with Gasteiger partial charge in [-0.1, -0.05) is 259 Å². The average Bonchev–Trinajstić information content (AvgIpc) is 0.826. The molecule has 8 amide bonds. The van der Waals surface area contributed by atoms with E-state index in [1.165, 1.54) is 161 Å². The molecule has 0 atom stereocenters. The Balaban J connectivity index is 1.06. The maximum Gasteiger partial charge on any atom is 0.330 e. The first-order valence-electron chi connectivity index (χ1n) is 43.8. The second-order valence-corrected chi connectivity index (χ2v) is 30.3. The molecule has 28 nitrogen and oxygen atoms in total. The predicted octanol–water partition coefficient (Wildman–Crippen LogP) is 20.2. The van der Waals surface area contributed by atoms with Crippen LogP contribution in [-0.4, -0.2) is 92.0 Å². The van der Waals surface area contributed by atoms with E-state index in [1.54, 1.807) is 0 Å². The van der Waals surface area contributed by atoms with Crippen molar-refractivity contribution in [2.75, 3.05) is 62.4 Å². The van der Waals surface area contributed by atoms with E-state index in [0.717, 1.165) is 161 Å². The van der Waals surface area contributed by atoms with Crippen LogP contribution in [-0.2, 0) is 9.59 Å². The number of carbonyl (C=O) groups excluding carboxylic acids is 8. The highest BCUT2D eigenvalue weighted by molar-refractivity contribution is 6.09. The Morgan fingerprint density at radius 1 is 0.261 bits per heavy atom. The van der Waals surface area contributed by atoms with Gasteiger partial charge >= 0.3 is 11.8 Å². The number of ether oxygens (including phenoxy) is 3. The van der Waals surface area contributed by atoms with Gasteiger partial charge in [-0.25, -0.2) is 65.2 Å². The maximum absolute atomic E-state index is 14.4. The molecule has 28 heteroatoms. The van der Waals surface area contributed by atoms with E-state index in [2.05, 4.69) is 102 Å². The van der Waals surface area contributed by atoms with E-state index >= 15 is 0 Å². The van der Waals surface area contributed by atoms with Crippen molar-refractivity contribution in [2.24, 2.45) is 0 Å². The number of amides is 8. The largest absolute Gasteiger partial charge is 0.740 e. The Bertz CT molecular complexity index is 4060. The third-order valence-electron chi connectivity index (χ3n) is 20.0. The Hall–Kier alpha value is -11.2. The highest BCUT2D eigenvalue weighted by Crippen LogP contribution is 2.26. The van der Waals surface area contributed by atoms with Gasteiger partial charge in [0.1, 0.15) is 74.7 Å². The molecule has 7 rings (SSSR count). The number of anilines is 8. The molecule has 0 spiro atoms. The van der Waals surface area contributed by atoms with Gasteiger partial charge in [-0.3, -0.25) is 28.8 Å². The molecule has 119 heavy (non-hydrogen) atoms. The van der Waals surface area contributed by atoms with Crippen LogP contribution in [0.5, 0.6) is 17.2 Å². The summed E-state index contributed by atoms with van der Waals surface area (Å²) in [6.07, 6.45) is 40.1. The van der Waals surface area contributed by atoms with Crippen LogP contribution < -0.4 is 66.2 Å². The zero-order valence-corrected chi connectivity index (χ0v) is 70.7. The lowest BCUT2D eigenvalue weighted by Gasteiger charge is -2.15. The summed E-state index contributed by atoms with van der Waals surface area (Å²) in [5, 5.41) is 48.5. The van der Waals surface area contributed by atoms with Crippen molar-refractivity contribution in [3.05, 3.63) is 154 Å². The van der Waals surface area contributed by atoms with E-state index in [4.69, 9.17) is 14.2 Å². The molecule has 0 aliphatic carbocycles. The smallest absolute Gasteiger partial charge is 0.330 e. The number of unbranched alkanes of at least 4 members (excludes halogenated alkanes) is 33. The molecule has 644 valence electrons. The Kier molecular flexibility index (Phi) is 44.3. The Labute approximate surface area is 702 Å². The molecule has 7 aromatic heterocycles. The van der Waals surface area contributed by atoms with E-state index in [-0.39, 0.29) is 142 Å². The first-order chi connectivity index (χ1) is 58.0. The van der Waals surface area contributed by atoms with E-state index in [1.807, 2.05) is 0 Å². The molecule has 0 unspecified atom stereocenters. The van der Waals surface area contributed by atoms with E-state index in [0.29, 0.717) is 41.6 Å². The number of hydrogen-bond donors (Lipinski definition) is 8. The fourth-order valence-corrected chi connectivity index (χ4v) is 13.2. The molecule has 0 fully saturated rings. The van der Waals surface area contributed by atoms with Gasteiger partial charge in [-0.15, -0.1) is 0 Å². The summed E-state index contributed by atoms with van der Waals surface area (Å²) in [4.78, 5) is 133. The fraction of sp³-hybridized carbons (Fsp3) is 0.527. The topological polar surface area (TPSA) is 379 Å². The van der Waals surface area contributed by atoms with Crippen molar-refractivity contribution in [1.29, 1.82) is 0 Å². The standard InChI is InChI=1S/C91H127N15O13/c1-6-11-16-21-26-31-36-41-58-117-67-61-70(86(109)97-76-48-44-50-78(95-76)99-88(111)72-63-68(118-59-42-37-32-27-22-17-12-7-2)65-74(93-72)90(113)103-82-54-46-52-80(105(82)115)101-84(107)56-39-34-29-24-19-14-9-4)92-71(62-67)87(110)98-77-49-45-51-79(96-77)100-89(112)73-64-69(119-60-43-38-33-28-23-18-13-8-3)66-75(94-73)91(114)104-83-55-47-53-81(106(83)116)102-85(108)57-40-35-30-25-20-15-10-5/h44-55,61-66H,6-43,56-60H2,1-5H3,(H,101,107)(H,102,108)(H,103,113)(H,104,114)(H2,95,97,99,109,111)(H2,96,98,100,110,112). The van der Waals surface area contributed by atoms with Crippen molar-refractivity contribution >= 4 is 93.8 Å². The minimum atomic E-state index is -0.841. The molecule has 8 N–H and O–H groups in total. The molecule has 0 aromatic carbocycles. The lowest BCUT2D eigenvalue weighted by atomic mass is 10.1. The van der Waals surface area contributed by atoms with Gasteiger partial charge in [-0.05, 0) is 68.5 Å². The number of pyridine rings is 7. The van der Waals surface area contributed by atoms with E-state index in [9.17, 15) is 48.8 Å². The number of nitrogens with one attached hydrogen (secondary N) is 8. The maximum atomic E-state index is 14.4. The van der Waals surface area contributed by atoms with Gasteiger partial charge in [-0.2, -0.15) is 0 Å². The summed E-state index contributed by atoms with van der Waals surface area (Å²) in [6, 6.07) is 25.9. The van der Waals surface area contributed by atoms with Gasteiger partial charge < -0.3 is 45.9 Å². The fourth-order valence-electron chi connectivity index (χ4n) is 13.2. The van der Waals surface area contributed by atoms with Crippen LogP contribution in [0.1, 0.15) is 354 Å². The van der Waals surface area contributed by atoms with Crippen LogP contribution in [0.3, 0.4) is 0 Å². The molecule has 7 aromatic rings. The summed E-state index contributed by atoms with van der Waals surface area (Å²) >= 11 is 0. The molecule has 0 saturated heterocycles. The minimum absolute atomic E-state index is 0.0318. The van der Waals surface area contributed by atoms with Gasteiger partial charge in [0.2, 0.25) is 23.3 Å². The second kappa shape index (κ2) is 55.5. The second-order valence-electron chi connectivity index (χ2n) is 30.3. The quantitative estimate of drug-likeness (QED) is 0.00997. The summed E-state index contributed by atoms with van der Waals surface area (Å²) < 4.78 is 19.3. The lowest BCUT2D eigenvalue weighted by molar-refractivity contribution is -0.574. The molecule has 0 radical (unpaired) electrons.